The van der Waals surface area contributed by atoms with Crippen LogP contribution >= 0.6 is 0 Å². The van der Waals surface area contributed by atoms with Gasteiger partial charge in [0.2, 0.25) is 0 Å². The van der Waals surface area contributed by atoms with Crippen LogP contribution in [-0.2, 0) is 4.74 Å². The van der Waals surface area contributed by atoms with E-state index in [1.54, 1.807) is 0 Å². The van der Waals surface area contributed by atoms with Gasteiger partial charge in [-0.05, 0) is 76.3 Å². The lowest BCUT2D eigenvalue weighted by Crippen LogP contribution is -2.54. The average molecular weight is 490 g/mol. The van der Waals surface area contributed by atoms with Gasteiger partial charge in [-0.2, -0.15) is 5.10 Å². The number of benzene rings is 1. The van der Waals surface area contributed by atoms with Gasteiger partial charge in [0.25, 0.3) is 0 Å². The first-order valence-corrected chi connectivity index (χ1v) is 13.4. The first-order chi connectivity index (χ1) is 17.4. The summed E-state index contributed by atoms with van der Waals surface area (Å²) in [5, 5.41) is 4.59. The fraction of sp³-hybridized carbons (Fsp3) is 0.517. The van der Waals surface area contributed by atoms with Gasteiger partial charge in [-0.25, -0.2) is 9.31 Å². The van der Waals surface area contributed by atoms with Crippen LogP contribution in [0.3, 0.4) is 0 Å². The number of rotatable bonds is 5. The van der Waals surface area contributed by atoms with Crippen molar-refractivity contribution >= 4 is 17.3 Å². The van der Waals surface area contributed by atoms with E-state index < -0.39 is 0 Å². The number of hydrogen-bond acceptors (Lipinski definition) is 5. The number of anilines is 1. The Kier molecular flexibility index (Phi) is 7.19. The lowest BCUT2D eigenvalue weighted by Gasteiger charge is -2.40. The molecule has 0 spiro atoms. The van der Waals surface area contributed by atoms with Crippen LogP contribution in [0.5, 0.6) is 0 Å². The van der Waals surface area contributed by atoms with Gasteiger partial charge in [0.15, 0.2) is 0 Å². The number of hydrogen-bond donors (Lipinski definition) is 0. The fourth-order valence-corrected chi connectivity index (χ4v) is 5.77. The maximum atomic E-state index is 12.3. The summed E-state index contributed by atoms with van der Waals surface area (Å²) >= 11 is 0. The smallest absolute Gasteiger partial charge is 0.410 e. The minimum Gasteiger partial charge on any atom is -0.450 e. The Hall–Kier alpha value is -3.06. The van der Waals surface area contributed by atoms with Gasteiger partial charge in [-0.15, -0.1) is 0 Å². The number of fused-ring (bicyclic) bond motifs is 1. The summed E-state index contributed by atoms with van der Waals surface area (Å²) in [6.45, 7) is 13.5. The molecule has 0 N–H and O–H groups in total. The molecule has 2 atom stereocenters. The van der Waals surface area contributed by atoms with Gasteiger partial charge in [0, 0.05) is 56.2 Å². The van der Waals surface area contributed by atoms with Crippen LogP contribution in [0, 0.1) is 0 Å². The van der Waals surface area contributed by atoms with Gasteiger partial charge < -0.3 is 19.4 Å². The standard InChI is InChI=1S/C29H39N5O2/c1-5-36-29(35)33-16-15-32(18-22(33)4)27-12-13-30-34-20-26(17-28(27)34)24-10-8-23(9-11-24)25-7-6-14-31(19-25)21(2)3/h8-13,17,20-22,25H,5-7,14-16,18-19H2,1-4H3/t22-,25-/m1/s1. The molecule has 2 aliphatic rings. The van der Waals surface area contributed by atoms with Crippen molar-refractivity contribution in [2.24, 2.45) is 0 Å². The number of likely N-dealkylation sites (tertiary alicyclic amines) is 1. The van der Waals surface area contributed by atoms with Crippen molar-refractivity contribution < 1.29 is 9.53 Å². The van der Waals surface area contributed by atoms with Crippen LogP contribution in [-0.4, -0.2) is 76.9 Å². The Morgan fingerprint density at radius 1 is 1.08 bits per heavy atom. The third-order valence-electron chi connectivity index (χ3n) is 7.86. The van der Waals surface area contributed by atoms with Gasteiger partial charge in [-0.1, -0.05) is 24.3 Å². The third kappa shape index (κ3) is 4.94. The molecule has 0 saturated carbocycles. The Balaban J connectivity index is 1.34. The molecular weight excluding hydrogens is 450 g/mol. The van der Waals surface area contributed by atoms with Crippen molar-refractivity contribution in [2.75, 3.05) is 44.2 Å². The Labute approximate surface area is 214 Å². The summed E-state index contributed by atoms with van der Waals surface area (Å²) < 4.78 is 7.20. The second-order valence-corrected chi connectivity index (χ2v) is 10.5. The SMILES string of the molecule is CCOC(=O)N1CCN(c2ccnn3cc(-c4ccc([C@@H]5CCCN(C(C)C)C5)cc4)cc23)C[C@H]1C. The van der Waals surface area contributed by atoms with Crippen molar-refractivity contribution in [1.82, 2.24) is 19.4 Å². The van der Waals surface area contributed by atoms with E-state index in [0.717, 1.165) is 30.8 Å². The topological polar surface area (TPSA) is 53.3 Å². The minimum absolute atomic E-state index is 0.0828. The van der Waals surface area contributed by atoms with Crippen molar-refractivity contribution in [3.8, 4) is 11.1 Å². The molecule has 36 heavy (non-hydrogen) atoms. The first-order valence-electron chi connectivity index (χ1n) is 13.4. The number of amides is 1. The summed E-state index contributed by atoms with van der Waals surface area (Å²) in [6, 6.07) is 14.2. The number of nitrogens with zero attached hydrogens (tertiary/aromatic N) is 5. The highest BCUT2D eigenvalue weighted by Crippen LogP contribution is 2.32. The highest BCUT2D eigenvalue weighted by Gasteiger charge is 2.29. The van der Waals surface area contributed by atoms with Crippen molar-refractivity contribution in [3.05, 3.63) is 54.4 Å². The van der Waals surface area contributed by atoms with E-state index in [9.17, 15) is 4.79 Å². The quantitative estimate of drug-likeness (QED) is 0.490. The second kappa shape index (κ2) is 10.5. The number of aromatic nitrogens is 2. The van der Waals surface area contributed by atoms with Crippen LogP contribution in [0.2, 0.25) is 0 Å². The Morgan fingerprint density at radius 2 is 1.89 bits per heavy atom. The molecular formula is C29H39N5O2. The van der Waals surface area contributed by atoms with Gasteiger partial charge in [-0.3, -0.25) is 0 Å². The van der Waals surface area contributed by atoms with Crippen LogP contribution in [0.1, 0.15) is 52.0 Å². The van der Waals surface area contributed by atoms with E-state index >= 15 is 0 Å². The van der Waals surface area contributed by atoms with Gasteiger partial charge >= 0.3 is 6.09 Å². The number of carbonyl (C=O) groups excluding carboxylic acids is 1. The molecule has 2 fully saturated rings. The van der Waals surface area contributed by atoms with E-state index in [0.29, 0.717) is 25.1 Å². The molecule has 5 rings (SSSR count). The molecule has 1 aromatic carbocycles. The molecule has 1 amide bonds. The molecule has 2 aromatic heterocycles. The van der Waals surface area contributed by atoms with E-state index in [2.05, 4.69) is 78.3 Å². The summed E-state index contributed by atoms with van der Waals surface area (Å²) in [4.78, 5) is 19.0. The molecule has 7 heteroatoms. The van der Waals surface area contributed by atoms with Crippen LogP contribution in [0.25, 0.3) is 16.6 Å². The van der Waals surface area contributed by atoms with E-state index in [1.165, 1.54) is 36.1 Å². The van der Waals surface area contributed by atoms with Crippen LogP contribution in [0.4, 0.5) is 10.5 Å². The van der Waals surface area contributed by atoms with E-state index in [4.69, 9.17) is 4.74 Å². The normalized spacial score (nSPS) is 21.4. The number of carbonyl (C=O) groups is 1. The fourth-order valence-electron chi connectivity index (χ4n) is 5.77. The molecule has 3 aromatic rings. The molecule has 4 heterocycles. The van der Waals surface area contributed by atoms with E-state index in [1.807, 2.05) is 22.5 Å². The first kappa shape index (κ1) is 24.6. The zero-order valence-electron chi connectivity index (χ0n) is 22.1. The minimum atomic E-state index is -0.219. The molecule has 2 saturated heterocycles. The predicted octanol–water partition coefficient (Wildman–Crippen LogP) is 5.26. The van der Waals surface area contributed by atoms with Gasteiger partial charge in [0.05, 0.1) is 17.8 Å². The monoisotopic (exact) mass is 489 g/mol. The number of ether oxygens (including phenoxy) is 1. The average Bonchev–Trinajstić information content (AvgIpc) is 3.33. The second-order valence-electron chi connectivity index (χ2n) is 10.5. The Bertz CT molecular complexity index is 1190. The molecule has 2 aliphatic heterocycles. The molecule has 0 radical (unpaired) electrons. The summed E-state index contributed by atoms with van der Waals surface area (Å²) in [6.07, 6.45) is 6.31. The number of piperidine rings is 1. The maximum Gasteiger partial charge on any atom is 0.410 e. The maximum absolute atomic E-state index is 12.3. The summed E-state index contributed by atoms with van der Waals surface area (Å²) in [7, 11) is 0. The molecule has 0 bridgehead atoms. The highest BCUT2D eigenvalue weighted by molar-refractivity contribution is 5.80. The van der Waals surface area contributed by atoms with Crippen LogP contribution < -0.4 is 4.90 Å². The predicted molar refractivity (Wildman–Crippen MR) is 145 cm³/mol. The Morgan fingerprint density at radius 3 is 2.61 bits per heavy atom. The van der Waals surface area contributed by atoms with E-state index in [-0.39, 0.29) is 12.1 Å². The zero-order chi connectivity index (χ0) is 25.2. The molecule has 0 aliphatic carbocycles. The van der Waals surface area contributed by atoms with Crippen molar-refractivity contribution in [2.45, 2.75) is 58.5 Å². The molecule has 7 nitrogen and oxygen atoms in total. The summed E-state index contributed by atoms with van der Waals surface area (Å²) in [5.41, 5.74) is 6.08. The lowest BCUT2D eigenvalue weighted by atomic mass is 9.89. The summed E-state index contributed by atoms with van der Waals surface area (Å²) in [5.74, 6) is 0.617. The van der Waals surface area contributed by atoms with Crippen molar-refractivity contribution in [1.29, 1.82) is 0 Å². The van der Waals surface area contributed by atoms with Crippen molar-refractivity contribution in [3.63, 3.8) is 0 Å². The third-order valence-corrected chi connectivity index (χ3v) is 7.86. The molecule has 0 unspecified atom stereocenters. The highest BCUT2D eigenvalue weighted by atomic mass is 16.6. The lowest BCUT2D eigenvalue weighted by molar-refractivity contribution is 0.0892. The number of piperazine rings is 1. The van der Waals surface area contributed by atoms with Crippen LogP contribution in [0.15, 0.2) is 48.8 Å². The van der Waals surface area contributed by atoms with Gasteiger partial charge in [0.1, 0.15) is 0 Å². The largest absolute Gasteiger partial charge is 0.450 e. The molecule has 192 valence electrons. The zero-order valence-corrected chi connectivity index (χ0v) is 22.1.